The third kappa shape index (κ3) is 7.18. The third-order valence-corrected chi connectivity index (χ3v) is 5.14. The number of fused-ring (bicyclic) bond motifs is 1. The first-order valence-electron chi connectivity index (χ1n) is 9.53. The summed E-state index contributed by atoms with van der Waals surface area (Å²) in [5.41, 5.74) is 1.49. The molecule has 1 fully saturated rings. The fourth-order valence-corrected chi connectivity index (χ4v) is 3.52. The number of aliphatic carboxylic acids is 1. The minimum atomic E-state index is -5.08. The lowest BCUT2D eigenvalue weighted by Gasteiger charge is -2.32. The molecule has 1 aliphatic heterocycles. The Kier molecular flexibility index (Phi) is 8.16. The van der Waals surface area contributed by atoms with Crippen molar-refractivity contribution in [3.63, 3.8) is 0 Å². The van der Waals surface area contributed by atoms with Gasteiger partial charge in [0.1, 0.15) is 0 Å². The summed E-state index contributed by atoms with van der Waals surface area (Å²) in [5, 5.41) is 7.12. The SMILES string of the molecule is CCOCCC1CN(CC2CCC2)Cc2cccn2C1.O=C(O)C(F)(F)F. The Morgan fingerprint density at radius 2 is 2.00 bits per heavy atom. The van der Waals surface area contributed by atoms with Crippen LogP contribution in [0.2, 0.25) is 0 Å². The van der Waals surface area contributed by atoms with E-state index < -0.39 is 12.1 Å². The molecule has 1 N–H and O–H groups in total. The van der Waals surface area contributed by atoms with E-state index in [1.165, 1.54) is 44.5 Å². The average Bonchev–Trinajstić information content (AvgIpc) is 2.90. The molecule has 0 aromatic carbocycles. The van der Waals surface area contributed by atoms with Gasteiger partial charge in [-0.3, -0.25) is 4.90 Å². The number of hydrogen-bond acceptors (Lipinski definition) is 3. The summed E-state index contributed by atoms with van der Waals surface area (Å²) >= 11 is 0. The highest BCUT2D eigenvalue weighted by molar-refractivity contribution is 5.73. The molecule has 5 nitrogen and oxygen atoms in total. The zero-order valence-electron chi connectivity index (χ0n) is 15.7. The van der Waals surface area contributed by atoms with Crippen molar-refractivity contribution < 1.29 is 27.8 Å². The fraction of sp³-hybridized carbons (Fsp3) is 0.737. The highest BCUT2D eigenvalue weighted by atomic mass is 19.4. The maximum absolute atomic E-state index is 10.6. The van der Waals surface area contributed by atoms with Gasteiger partial charge in [-0.2, -0.15) is 13.2 Å². The number of carboxylic acids is 1. The number of aromatic nitrogens is 1. The van der Waals surface area contributed by atoms with Crippen LogP contribution in [0.5, 0.6) is 0 Å². The summed E-state index contributed by atoms with van der Waals surface area (Å²) in [6.07, 6.45) is 2.69. The van der Waals surface area contributed by atoms with Gasteiger partial charge in [0, 0.05) is 51.3 Å². The second-order valence-corrected chi connectivity index (χ2v) is 7.30. The number of rotatable bonds is 6. The lowest BCUT2D eigenvalue weighted by atomic mass is 9.85. The van der Waals surface area contributed by atoms with E-state index in [2.05, 4.69) is 34.7 Å². The first kappa shape index (κ1) is 21.8. The summed E-state index contributed by atoms with van der Waals surface area (Å²) < 4.78 is 39.8. The van der Waals surface area contributed by atoms with Crippen LogP contribution in [0.25, 0.3) is 0 Å². The minimum absolute atomic E-state index is 0.732. The second-order valence-electron chi connectivity index (χ2n) is 7.30. The lowest BCUT2D eigenvalue weighted by molar-refractivity contribution is -0.192. The number of halogens is 3. The Hall–Kier alpha value is -1.54. The van der Waals surface area contributed by atoms with Crippen LogP contribution < -0.4 is 0 Å². The molecule has 3 rings (SSSR count). The summed E-state index contributed by atoms with van der Waals surface area (Å²) in [6.45, 7) is 8.68. The maximum Gasteiger partial charge on any atom is 0.490 e. The Balaban J connectivity index is 0.000000321. The number of carboxylic acid groups (broad SMARTS) is 1. The molecule has 1 aromatic rings. The van der Waals surface area contributed by atoms with Gasteiger partial charge >= 0.3 is 12.1 Å². The predicted molar refractivity (Wildman–Crippen MR) is 95.3 cm³/mol. The van der Waals surface area contributed by atoms with Crippen LogP contribution in [-0.2, 0) is 22.6 Å². The molecule has 0 amide bonds. The normalized spacial score (nSPS) is 20.8. The molecule has 154 valence electrons. The molecule has 27 heavy (non-hydrogen) atoms. The van der Waals surface area contributed by atoms with E-state index >= 15 is 0 Å². The summed E-state index contributed by atoms with van der Waals surface area (Å²) in [6, 6.07) is 4.49. The topological polar surface area (TPSA) is 54.7 Å². The average molecular weight is 390 g/mol. The van der Waals surface area contributed by atoms with Crippen LogP contribution in [0.3, 0.4) is 0 Å². The molecule has 0 radical (unpaired) electrons. The van der Waals surface area contributed by atoms with Crippen LogP contribution >= 0.6 is 0 Å². The first-order valence-corrected chi connectivity index (χ1v) is 9.53. The predicted octanol–water partition coefficient (Wildman–Crippen LogP) is 3.78. The van der Waals surface area contributed by atoms with E-state index in [9.17, 15) is 13.2 Å². The van der Waals surface area contributed by atoms with Gasteiger partial charge in [-0.15, -0.1) is 0 Å². The molecule has 2 aliphatic rings. The van der Waals surface area contributed by atoms with Crippen molar-refractivity contribution in [3.05, 3.63) is 24.0 Å². The van der Waals surface area contributed by atoms with Crippen LogP contribution in [0.15, 0.2) is 18.3 Å². The summed E-state index contributed by atoms with van der Waals surface area (Å²) in [7, 11) is 0. The molecular formula is C19H29F3N2O3. The maximum atomic E-state index is 10.6. The smallest absolute Gasteiger partial charge is 0.475 e. The van der Waals surface area contributed by atoms with Gasteiger partial charge in [0.05, 0.1) is 0 Å². The monoisotopic (exact) mass is 390 g/mol. The van der Waals surface area contributed by atoms with Gasteiger partial charge in [-0.25, -0.2) is 4.79 Å². The molecule has 0 spiro atoms. The van der Waals surface area contributed by atoms with E-state index in [1.807, 2.05) is 0 Å². The standard InChI is InChI=1S/C17H28N2O.C2HF3O2/c1-2-20-10-8-16-12-18(11-15-5-3-6-15)14-17-7-4-9-19(17)13-16;3-2(4,5)1(6)7/h4,7,9,15-16H,2-3,5-6,8,10-14H2,1H3;(H,6,7). The van der Waals surface area contributed by atoms with Crippen molar-refractivity contribution >= 4 is 5.97 Å². The van der Waals surface area contributed by atoms with Crippen molar-refractivity contribution in [2.75, 3.05) is 26.3 Å². The molecule has 8 heteroatoms. The van der Waals surface area contributed by atoms with Crippen LogP contribution in [0.1, 0.15) is 38.3 Å². The van der Waals surface area contributed by atoms with E-state index in [-0.39, 0.29) is 0 Å². The summed E-state index contributed by atoms with van der Waals surface area (Å²) in [5.74, 6) is -1.06. The quantitative estimate of drug-likeness (QED) is 0.751. The Morgan fingerprint density at radius 1 is 1.30 bits per heavy atom. The second kappa shape index (κ2) is 10.1. The van der Waals surface area contributed by atoms with Crippen molar-refractivity contribution in [3.8, 4) is 0 Å². The van der Waals surface area contributed by atoms with Crippen LogP contribution in [-0.4, -0.2) is 53.0 Å². The van der Waals surface area contributed by atoms with Crippen molar-refractivity contribution in [2.24, 2.45) is 11.8 Å². The highest BCUT2D eigenvalue weighted by Crippen LogP contribution is 2.29. The summed E-state index contributed by atoms with van der Waals surface area (Å²) in [4.78, 5) is 11.6. The zero-order valence-corrected chi connectivity index (χ0v) is 15.7. The lowest BCUT2D eigenvalue weighted by Crippen LogP contribution is -2.35. The van der Waals surface area contributed by atoms with Crippen molar-refractivity contribution in [1.29, 1.82) is 0 Å². The zero-order chi connectivity index (χ0) is 19.9. The van der Waals surface area contributed by atoms with E-state index in [4.69, 9.17) is 14.6 Å². The third-order valence-electron chi connectivity index (χ3n) is 5.14. The van der Waals surface area contributed by atoms with E-state index in [0.29, 0.717) is 0 Å². The molecule has 0 saturated heterocycles. The molecule has 2 heterocycles. The Morgan fingerprint density at radius 3 is 2.56 bits per heavy atom. The largest absolute Gasteiger partial charge is 0.490 e. The number of ether oxygens (including phenoxy) is 1. The van der Waals surface area contributed by atoms with Gasteiger partial charge in [-0.1, -0.05) is 6.42 Å². The van der Waals surface area contributed by atoms with Gasteiger partial charge in [0.25, 0.3) is 0 Å². The number of nitrogens with zero attached hydrogens (tertiary/aromatic N) is 2. The molecule has 1 atom stereocenters. The van der Waals surface area contributed by atoms with Gasteiger partial charge < -0.3 is 14.4 Å². The molecule has 0 bridgehead atoms. The molecule has 1 saturated carbocycles. The Bertz CT molecular complexity index is 585. The van der Waals surface area contributed by atoms with Crippen molar-refractivity contribution in [1.82, 2.24) is 9.47 Å². The van der Waals surface area contributed by atoms with E-state index in [1.54, 1.807) is 0 Å². The van der Waals surface area contributed by atoms with Crippen molar-refractivity contribution in [2.45, 2.75) is 51.9 Å². The highest BCUT2D eigenvalue weighted by Gasteiger charge is 2.38. The number of alkyl halides is 3. The van der Waals surface area contributed by atoms with Gasteiger partial charge in [0.15, 0.2) is 0 Å². The molecule has 1 aromatic heterocycles. The number of carbonyl (C=O) groups is 1. The van der Waals surface area contributed by atoms with E-state index in [0.717, 1.165) is 38.1 Å². The molecular weight excluding hydrogens is 361 g/mol. The van der Waals surface area contributed by atoms with Crippen LogP contribution in [0, 0.1) is 11.8 Å². The Labute approximate surface area is 158 Å². The molecule has 1 unspecified atom stereocenters. The van der Waals surface area contributed by atoms with Gasteiger partial charge in [-0.05, 0) is 50.2 Å². The van der Waals surface area contributed by atoms with Gasteiger partial charge in [0.2, 0.25) is 0 Å². The minimum Gasteiger partial charge on any atom is -0.475 e. The number of hydrogen-bond donors (Lipinski definition) is 1. The van der Waals surface area contributed by atoms with Crippen LogP contribution in [0.4, 0.5) is 13.2 Å². The first-order chi connectivity index (χ1) is 12.8. The fourth-order valence-electron chi connectivity index (χ4n) is 3.52. The molecule has 1 aliphatic carbocycles.